The number of esters is 1. The van der Waals surface area contributed by atoms with Crippen LogP contribution in [0.4, 0.5) is 0 Å². The summed E-state index contributed by atoms with van der Waals surface area (Å²) >= 11 is 0. The number of azo groups is 1. The highest BCUT2D eigenvalue weighted by molar-refractivity contribution is 6.07. The molecule has 2 amide bonds. The molecule has 34 heavy (non-hydrogen) atoms. The first kappa shape index (κ1) is 25.5. The van der Waals surface area contributed by atoms with Gasteiger partial charge in [-0.3, -0.25) is 14.9 Å². The molecule has 3 aliphatic rings. The van der Waals surface area contributed by atoms with Gasteiger partial charge < -0.3 is 20.1 Å². The predicted octanol–water partition coefficient (Wildman–Crippen LogP) is 1.65. The average molecular weight is 471 g/mol. The smallest absolute Gasteiger partial charge is 0.328 e. The molecule has 1 aliphatic carbocycles. The van der Waals surface area contributed by atoms with Gasteiger partial charge in [0.15, 0.2) is 0 Å². The second kappa shape index (κ2) is 10.4. The molecule has 3 N–H and O–H groups in total. The Balaban J connectivity index is 1.92. The fourth-order valence-electron chi connectivity index (χ4n) is 4.97. The molecule has 1 fully saturated rings. The van der Waals surface area contributed by atoms with Gasteiger partial charge in [0.2, 0.25) is 0 Å². The van der Waals surface area contributed by atoms with E-state index in [2.05, 4.69) is 15.5 Å². The summed E-state index contributed by atoms with van der Waals surface area (Å²) in [6, 6.07) is 0. The molecule has 2 heterocycles. The third-order valence-electron chi connectivity index (χ3n) is 6.90. The van der Waals surface area contributed by atoms with Crippen molar-refractivity contribution >= 4 is 30.4 Å². The van der Waals surface area contributed by atoms with Crippen LogP contribution in [0.5, 0.6) is 0 Å². The van der Waals surface area contributed by atoms with Crippen molar-refractivity contribution in [2.75, 3.05) is 13.7 Å². The second-order valence-electron chi connectivity index (χ2n) is 8.90. The lowest BCUT2D eigenvalue weighted by molar-refractivity contribution is -0.146. The van der Waals surface area contributed by atoms with Gasteiger partial charge >= 0.3 is 5.97 Å². The minimum atomic E-state index is -1.46. The fraction of sp³-hybridized carbons (Fsp3) is 0.542. The van der Waals surface area contributed by atoms with Gasteiger partial charge in [-0.05, 0) is 56.2 Å². The SMILES string of the molecule is COC(=O)[C@]1(C(C)CC2=C3CC=C(CCCCCN)C=C3C(=O)N=NC2=O)NC1(C=O)CC=O. The number of fused-ring (bicyclic) bond motifs is 1. The van der Waals surface area contributed by atoms with Gasteiger partial charge in [-0.15, -0.1) is 10.2 Å². The molecule has 0 aromatic rings. The van der Waals surface area contributed by atoms with Crippen LogP contribution in [0.1, 0.15) is 51.9 Å². The predicted molar refractivity (Wildman–Crippen MR) is 121 cm³/mol. The van der Waals surface area contributed by atoms with Crippen molar-refractivity contribution in [1.82, 2.24) is 5.32 Å². The molecule has 3 atom stereocenters. The van der Waals surface area contributed by atoms with E-state index in [9.17, 15) is 24.0 Å². The highest BCUT2D eigenvalue weighted by Crippen LogP contribution is 2.49. The number of amides is 2. The number of hydrogen-bond donors (Lipinski definition) is 2. The second-order valence-corrected chi connectivity index (χ2v) is 8.90. The molecule has 1 saturated heterocycles. The maximum atomic E-state index is 12.8. The first-order chi connectivity index (χ1) is 16.3. The number of unbranched alkanes of at least 4 members (excludes halogenated alkanes) is 2. The van der Waals surface area contributed by atoms with Crippen molar-refractivity contribution in [3.05, 3.63) is 34.4 Å². The minimum absolute atomic E-state index is 0.0357. The quantitative estimate of drug-likeness (QED) is 0.188. The maximum absolute atomic E-state index is 12.8. The summed E-state index contributed by atoms with van der Waals surface area (Å²) in [6.45, 7) is 2.32. The lowest BCUT2D eigenvalue weighted by atomic mass is 9.76. The highest BCUT2D eigenvalue weighted by atomic mass is 16.5. The maximum Gasteiger partial charge on any atom is 0.328 e. The zero-order valence-corrected chi connectivity index (χ0v) is 19.5. The van der Waals surface area contributed by atoms with Crippen molar-refractivity contribution in [3.8, 4) is 0 Å². The van der Waals surface area contributed by atoms with E-state index in [4.69, 9.17) is 10.5 Å². The Bertz CT molecular complexity index is 1030. The van der Waals surface area contributed by atoms with Crippen molar-refractivity contribution in [2.45, 2.75) is 62.9 Å². The summed E-state index contributed by atoms with van der Waals surface area (Å²) in [6.07, 6.45) is 8.63. The first-order valence-electron chi connectivity index (χ1n) is 11.4. The van der Waals surface area contributed by atoms with Crippen LogP contribution < -0.4 is 11.1 Å². The summed E-state index contributed by atoms with van der Waals surface area (Å²) in [4.78, 5) is 61.2. The number of allylic oxidation sites excluding steroid dienone is 3. The van der Waals surface area contributed by atoms with Crippen LogP contribution >= 0.6 is 0 Å². The van der Waals surface area contributed by atoms with Crippen molar-refractivity contribution in [1.29, 1.82) is 0 Å². The topological polar surface area (TPSA) is 167 Å². The van der Waals surface area contributed by atoms with Gasteiger partial charge in [0.05, 0.1) is 7.11 Å². The van der Waals surface area contributed by atoms with Crippen LogP contribution in [0.15, 0.2) is 44.7 Å². The molecule has 0 saturated carbocycles. The molecule has 2 unspecified atom stereocenters. The van der Waals surface area contributed by atoms with Crippen LogP contribution in [-0.2, 0) is 28.7 Å². The number of ether oxygens (including phenoxy) is 1. The average Bonchev–Trinajstić information content (AvgIpc) is 3.54. The molecular weight excluding hydrogens is 440 g/mol. The number of rotatable bonds is 12. The lowest BCUT2D eigenvalue weighted by Crippen LogP contribution is -2.43. The lowest BCUT2D eigenvalue weighted by Gasteiger charge is -2.25. The molecule has 0 bridgehead atoms. The molecule has 0 aromatic heterocycles. The van der Waals surface area contributed by atoms with Crippen molar-refractivity contribution < 1.29 is 28.7 Å². The summed E-state index contributed by atoms with van der Waals surface area (Å²) < 4.78 is 4.93. The number of nitrogens with zero attached hydrogens (tertiary/aromatic N) is 2. The number of hydrogen-bond acceptors (Lipinski definition) is 8. The van der Waals surface area contributed by atoms with E-state index in [1.54, 1.807) is 13.0 Å². The largest absolute Gasteiger partial charge is 0.468 e. The van der Waals surface area contributed by atoms with Gasteiger partial charge in [0, 0.05) is 17.6 Å². The number of methoxy groups -OCH3 is 1. The molecular formula is C24H30N4O6. The van der Waals surface area contributed by atoms with E-state index in [0.29, 0.717) is 36.7 Å². The molecule has 0 aromatic carbocycles. The van der Waals surface area contributed by atoms with E-state index >= 15 is 0 Å². The Morgan fingerprint density at radius 1 is 1.24 bits per heavy atom. The molecule has 3 rings (SSSR count). The van der Waals surface area contributed by atoms with E-state index in [1.807, 2.05) is 6.08 Å². The monoisotopic (exact) mass is 470 g/mol. The van der Waals surface area contributed by atoms with Crippen molar-refractivity contribution in [3.63, 3.8) is 0 Å². The Hall–Kier alpha value is -3.11. The Kier molecular flexibility index (Phi) is 7.83. The molecule has 0 spiro atoms. The van der Waals surface area contributed by atoms with Gasteiger partial charge in [0.25, 0.3) is 11.8 Å². The standard InChI is InChI=1S/C24H30N4O6/c1-15(24(22(33)34-2)23(14-30,28-24)9-11-29)12-18-17-8-7-16(6-4-3-5-10-25)13-19(17)21(32)27-26-20(18)31/h7,11,13-15,28H,3-6,8-10,12,25H2,1-2H3/t15?,23?,24-/m0/s1. The van der Waals surface area contributed by atoms with Gasteiger partial charge in [-0.25, -0.2) is 4.79 Å². The summed E-state index contributed by atoms with van der Waals surface area (Å²) in [5.74, 6) is -2.57. The first-order valence-corrected chi connectivity index (χ1v) is 11.4. The Morgan fingerprint density at radius 3 is 2.62 bits per heavy atom. The van der Waals surface area contributed by atoms with E-state index in [-0.39, 0.29) is 18.4 Å². The summed E-state index contributed by atoms with van der Waals surface area (Å²) in [5.41, 5.74) is 4.76. The molecule has 0 radical (unpaired) electrons. The highest BCUT2D eigenvalue weighted by Gasteiger charge is 2.75. The Labute approximate surface area is 197 Å². The van der Waals surface area contributed by atoms with Crippen LogP contribution in [0, 0.1) is 5.92 Å². The van der Waals surface area contributed by atoms with E-state index < -0.39 is 34.8 Å². The van der Waals surface area contributed by atoms with Crippen LogP contribution in [-0.4, -0.2) is 55.1 Å². The van der Waals surface area contributed by atoms with Gasteiger partial charge in [-0.2, -0.15) is 0 Å². The molecule has 182 valence electrons. The fourth-order valence-corrected chi connectivity index (χ4v) is 4.97. The van der Waals surface area contributed by atoms with Crippen LogP contribution in [0.2, 0.25) is 0 Å². The zero-order chi connectivity index (χ0) is 24.9. The Morgan fingerprint density at radius 2 is 1.97 bits per heavy atom. The van der Waals surface area contributed by atoms with E-state index in [0.717, 1.165) is 31.3 Å². The molecule has 10 heteroatoms. The number of aldehydes is 2. The summed E-state index contributed by atoms with van der Waals surface area (Å²) in [5, 5.41) is 10.0. The molecule has 2 aliphatic heterocycles. The van der Waals surface area contributed by atoms with Crippen LogP contribution in [0.3, 0.4) is 0 Å². The third kappa shape index (κ3) is 4.47. The van der Waals surface area contributed by atoms with Crippen molar-refractivity contribution in [2.24, 2.45) is 21.9 Å². The number of nitrogens with two attached hydrogens (primary N) is 1. The minimum Gasteiger partial charge on any atom is -0.468 e. The molecule has 10 nitrogen and oxygen atoms in total. The van der Waals surface area contributed by atoms with E-state index in [1.165, 1.54) is 7.11 Å². The van der Waals surface area contributed by atoms with Crippen LogP contribution in [0.25, 0.3) is 0 Å². The van der Waals surface area contributed by atoms with Gasteiger partial charge in [-0.1, -0.05) is 25.0 Å². The zero-order valence-electron chi connectivity index (χ0n) is 19.5. The third-order valence-corrected chi connectivity index (χ3v) is 6.90. The normalized spacial score (nSPS) is 26.8. The number of carbonyl (C=O) groups is 5. The number of carbonyl (C=O) groups excluding carboxylic acids is 5. The number of nitrogens with one attached hydrogen (secondary N) is 1. The summed E-state index contributed by atoms with van der Waals surface area (Å²) in [7, 11) is 1.20. The van der Waals surface area contributed by atoms with Gasteiger partial charge in [0.1, 0.15) is 23.7 Å².